The van der Waals surface area contributed by atoms with Crippen molar-refractivity contribution in [1.29, 1.82) is 0 Å². The molecule has 0 radical (unpaired) electrons. The van der Waals surface area contributed by atoms with Crippen LogP contribution < -0.4 is 0 Å². The monoisotopic (exact) mass is 305 g/mol. The molecule has 1 N–H and O–H groups in total. The van der Waals surface area contributed by atoms with Gasteiger partial charge in [0.2, 0.25) is 0 Å². The molecule has 3 rings (SSSR count). The fourth-order valence-corrected chi connectivity index (χ4v) is 2.94. The molecule has 0 aliphatic rings. The van der Waals surface area contributed by atoms with Crippen molar-refractivity contribution in [2.75, 3.05) is 0 Å². The maximum atomic E-state index is 12.4. The topological polar surface area (TPSA) is 58.6 Å². The molecule has 0 fully saturated rings. The summed E-state index contributed by atoms with van der Waals surface area (Å²) in [5, 5.41) is 0. The summed E-state index contributed by atoms with van der Waals surface area (Å²) in [5.41, 5.74) is 5.65. The number of nitrogens with zero attached hydrogens (tertiary/aromatic N) is 2. The predicted molar refractivity (Wildman–Crippen MR) is 91.3 cm³/mol. The van der Waals surface area contributed by atoms with E-state index in [0.717, 1.165) is 33.6 Å². The van der Waals surface area contributed by atoms with Crippen molar-refractivity contribution in [3.63, 3.8) is 0 Å². The van der Waals surface area contributed by atoms with E-state index < -0.39 is 0 Å². The number of H-pyrrole nitrogens is 1. The smallest absolute Gasteiger partial charge is 0.162 e. The van der Waals surface area contributed by atoms with Gasteiger partial charge in [-0.05, 0) is 42.7 Å². The standard InChI is InChI=1S/C19H19N3O/c1-12(2)16-17(13(3)23)19(15-6-10-21-11-7-15)22-18(16)14-4-8-20-9-5-14/h4-12,22H,1-3H3. The van der Waals surface area contributed by atoms with Crippen LogP contribution in [0.15, 0.2) is 49.1 Å². The molecule has 0 spiro atoms. The maximum absolute atomic E-state index is 12.4. The zero-order valence-electron chi connectivity index (χ0n) is 13.5. The minimum absolute atomic E-state index is 0.0667. The number of carbonyl (C=O) groups is 1. The summed E-state index contributed by atoms with van der Waals surface area (Å²) >= 11 is 0. The van der Waals surface area contributed by atoms with Crippen molar-refractivity contribution in [3.05, 3.63) is 60.2 Å². The second-order valence-electron chi connectivity index (χ2n) is 5.85. The Bertz CT molecular complexity index is 821. The van der Waals surface area contributed by atoms with Gasteiger partial charge in [0.25, 0.3) is 0 Å². The molecule has 3 aromatic heterocycles. The normalized spacial score (nSPS) is 11.0. The van der Waals surface area contributed by atoms with Gasteiger partial charge in [0, 0.05) is 41.5 Å². The van der Waals surface area contributed by atoms with E-state index in [0.29, 0.717) is 0 Å². The molecule has 116 valence electrons. The minimum Gasteiger partial charge on any atom is -0.354 e. The van der Waals surface area contributed by atoms with E-state index in [2.05, 4.69) is 28.8 Å². The van der Waals surface area contributed by atoms with Crippen LogP contribution in [0.25, 0.3) is 22.5 Å². The van der Waals surface area contributed by atoms with E-state index in [4.69, 9.17) is 0 Å². The molecule has 0 bridgehead atoms. The van der Waals surface area contributed by atoms with Crippen LogP contribution in [0.3, 0.4) is 0 Å². The summed E-state index contributed by atoms with van der Waals surface area (Å²) in [7, 11) is 0. The van der Waals surface area contributed by atoms with Crippen LogP contribution in [0.1, 0.15) is 42.6 Å². The highest BCUT2D eigenvalue weighted by molar-refractivity contribution is 6.04. The molecule has 3 aromatic rings. The number of hydrogen-bond acceptors (Lipinski definition) is 3. The van der Waals surface area contributed by atoms with Crippen molar-refractivity contribution < 1.29 is 4.79 Å². The summed E-state index contributed by atoms with van der Waals surface area (Å²) in [4.78, 5) is 24.0. The molecule has 4 heteroatoms. The summed E-state index contributed by atoms with van der Waals surface area (Å²) in [6, 6.07) is 7.74. The minimum atomic E-state index is 0.0667. The molecule has 0 atom stereocenters. The lowest BCUT2D eigenvalue weighted by Crippen LogP contribution is -2.00. The van der Waals surface area contributed by atoms with Crippen molar-refractivity contribution in [2.45, 2.75) is 26.7 Å². The number of aromatic nitrogens is 3. The van der Waals surface area contributed by atoms with Gasteiger partial charge in [0.15, 0.2) is 5.78 Å². The van der Waals surface area contributed by atoms with Crippen molar-refractivity contribution >= 4 is 5.78 Å². The number of nitrogens with one attached hydrogen (secondary N) is 1. The molecule has 4 nitrogen and oxygen atoms in total. The molecule has 0 saturated heterocycles. The third-order valence-electron chi connectivity index (χ3n) is 3.91. The Morgan fingerprint density at radius 3 is 1.83 bits per heavy atom. The second kappa shape index (κ2) is 6.16. The molecule has 0 amide bonds. The van der Waals surface area contributed by atoms with Crippen LogP contribution in [0, 0.1) is 0 Å². The maximum Gasteiger partial charge on any atom is 0.162 e. The Kier molecular flexibility index (Phi) is 4.06. The average Bonchev–Trinajstić information content (AvgIpc) is 2.97. The summed E-state index contributed by atoms with van der Waals surface area (Å²) in [5.74, 6) is 0.293. The molecule has 0 aliphatic carbocycles. The quantitative estimate of drug-likeness (QED) is 0.724. The van der Waals surface area contributed by atoms with Crippen LogP contribution in [-0.2, 0) is 0 Å². The number of carbonyl (C=O) groups excluding carboxylic acids is 1. The first-order valence-electron chi connectivity index (χ1n) is 7.67. The third kappa shape index (κ3) is 2.80. The van der Waals surface area contributed by atoms with Crippen LogP contribution >= 0.6 is 0 Å². The summed E-state index contributed by atoms with van der Waals surface area (Å²) in [6.45, 7) is 5.84. The van der Waals surface area contributed by atoms with Gasteiger partial charge in [-0.2, -0.15) is 0 Å². The molecule has 0 saturated carbocycles. The lowest BCUT2D eigenvalue weighted by atomic mass is 9.92. The second-order valence-corrected chi connectivity index (χ2v) is 5.85. The number of rotatable bonds is 4. The van der Waals surface area contributed by atoms with Crippen molar-refractivity contribution in [2.24, 2.45) is 0 Å². The van der Waals surface area contributed by atoms with E-state index in [-0.39, 0.29) is 11.7 Å². The number of pyridine rings is 2. The third-order valence-corrected chi connectivity index (χ3v) is 3.91. The Morgan fingerprint density at radius 2 is 1.39 bits per heavy atom. The first kappa shape index (κ1) is 15.2. The Hall–Kier alpha value is -2.75. The summed E-state index contributed by atoms with van der Waals surface area (Å²) < 4.78 is 0. The van der Waals surface area contributed by atoms with Gasteiger partial charge >= 0.3 is 0 Å². The zero-order chi connectivity index (χ0) is 16.4. The number of Topliss-reactive ketones (excluding diaryl/α,β-unsaturated/α-hetero) is 1. The Labute approximate surface area is 135 Å². The van der Waals surface area contributed by atoms with E-state index in [1.54, 1.807) is 31.7 Å². The molecule has 23 heavy (non-hydrogen) atoms. The average molecular weight is 305 g/mol. The van der Waals surface area contributed by atoms with Gasteiger partial charge in [-0.1, -0.05) is 13.8 Å². The lowest BCUT2D eigenvalue weighted by Gasteiger charge is -2.10. The van der Waals surface area contributed by atoms with Crippen LogP contribution in [0.5, 0.6) is 0 Å². The van der Waals surface area contributed by atoms with Crippen molar-refractivity contribution in [3.8, 4) is 22.5 Å². The van der Waals surface area contributed by atoms with E-state index in [1.807, 2.05) is 24.3 Å². The lowest BCUT2D eigenvalue weighted by molar-refractivity contribution is 0.101. The van der Waals surface area contributed by atoms with Gasteiger partial charge in [-0.3, -0.25) is 14.8 Å². The molecule has 3 heterocycles. The van der Waals surface area contributed by atoms with E-state index >= 15 is 0 Å². The van der Waals surface area contributed by atoms with Gasteiger partial charge in [-0.25, -0.2) is 0 Å². The predicted octanol–water partition coefficient (Wildman–Crippen LogP) is 4.46. The first-order valence-corrected chi connectivity index (χ1v) is 7.67. The molecular weight excluding hydrogens is 286 g/mol. The van der Waals surface area contributed by atoms with E-state index in [1.165, 1.54) is 0 Å². The largest absolute Gasteiger partial charge is 0.354 e. The fraction of sp³-hybridized carbons (Fsp3) is 0.211. The molecular formula is C19H19N3O. The fourth-order valence-electron chi connectivity index (χ4n) is 2.94. The van der Waals surface area contributed by atoms with Crippen LogP contribution in [-0.4, -0.2) is 20.7 Å². The Morgan fingerprint density at radius 1 is 0.913 bits per heavy atom. The Balaban J connectivity index is 2.32. The van der Waals surface area contributed by atoms with Crippen molar-refractivity contribution in [1.82, 2.24) is 15.0 Å². The highest BCUT2D eigenvalue weighted by Gasteiger charge is 2.24. The highest BCUT2D eigenvalue weighted by atomic mass is 16.1. The molecule has 0 unspecified atom stereocenters. The zero-order valence-corrected chi connectivity index (χ0v) is 13.5. The first-order chi connectivity index (χ1) is 11.1. The van der Waals surface area contributed by atoms with Gasteiger partial charge in [0.1, 0.15) is 0 Å². The van der Waals surface area contributed by atoms with Gasteiger partial charge in [-0.15, -0.1) is 0 Å². The highest BCUT2D eigenvalue weighted by Crippen LogP contribution is 2.38. The number of ketones is 1. The number of hydrogen-bond donors (Lipinski definition) is 1. The van der Waals surface area contributed by atoms with Gasteiger partial charge < -0.3 is 4.98 Å². The summed E-state index contributed by atoms with van der Waals surface area (Å²) in [6.07, 6.45) is 7.00. The van der Waals surface area contributed by atoms with E-state index in [9.17, 15) is 4.79 Å². The number of aromatic amines is 1. The van der Waals surface area contributed by atoms with Crippen LogP contribution in [0.2, 0.25) is 0 Å². The molecule has 0 aliphatic heterocycles. The SMILES string of the molecule is CC(=O)c1c(-c2ccncc2)[nH]c(-c2ccncc2)c1C(C)C. The van der Waals surface area contributed by atoms with Crippen LogP contribution in [0.4, 0.5) is 0 Å². The van der Waals surface area contributed by atoms with Gasteiger partial charge in [0.05, 0.1) is 11.4 Å². The molecule has 0 aromatic carbocycles.